The van der Waals surface area contributed by atoms with Crippen LogP contribution in [0.2, 0.25) is 0 Å². The third kappa shape index (κ3) is 3.47. The Morgan fingerprint density at radius 2 is 1.90 bits per heavy atom. The van der Waals surface area contributed by atoms with Crippen molar-refractivity contribution in [2.75, 3.05) is 18.0 Å². The second kappa shape index (κ2) is 6.89. The van der Waals surface area contributed by atoms with Gasteiger partial charge in [0.25, 0.3) is 0 Å². The van der Waals surface area contributed by atoms with Gasteiger partial charge in [0.15, 0.2) is 11.6 Å². The molecular formula is C16H21N3O. The van der Waals surface area contributed by atoms with Crippen LogP contribution in [0.15, 0.2) is 42.6 Å². The SMILES string of the molecule is CC.O=C1CCN(c2ccn(Cc3ccccc3)n2)C1. The first-order valence-electron chi connectivity index (χ1n) is 7.15. The van der Waals surface area contributed by atoms with Crippen LogP contribution in [0.1, 0.15) is 25.8 Å². The number of rotatable bonds is 3. The highest BCUT2D eigenvalue weighted by Crippen LogP contribution is 2.16. The summed E-state index contributed by atoms with van der Waals surface area (Å²) in [5.74, 6) is 1.20. The van der Waals surface area contributed by atoms with Crippen LogP contribution in [0.4, 0.5) is 5.82 Å². The van der Waals surface area contributed by atoms with E-state index in [2.05, 4.69) is 17.2 Å². The minimum absolute atomic E-state index is 0.299. The molecule has 2 heterocycles. The summed E-state index contributed by atoms with van der Waals surface area (Å²) < 4.78 is 1.91. The summed E-state index contributed by atoms with van der Waals surface area (Å²) in [6.07, 6.45) is 2.61. The number of hydrogen-bond donors (Lipinski definition) is 0. The van der Waals surface area contributed by atoms with Gasteiger partial charge in [-0.2, -0.15) is 5.10 Å². The second-order valence-corrected chi connectivity index (χ2v) is 4.57. The van der Waals surface area contributed by atoms with E-state index in [1.165, 1.54) is 5.56 Å². The lowest BCUT2D eigenvalue weighted by molar-refractivity contribution is -0.116. The average molecular weight is 271 g/mol. The number of nitrogens with zero attached hydrogens (tertiary/aromatic N) is 3. The van der Waals surface area contributed by atoms with Crippen molar-refractivity contribution in [2.24, 2.45) is 0 Å². The summed E-state index contributed by atoms with van der Waals surface area (Å²) in [5, 5.41) is 4.51. The lowest BCUT2D eigenvalue weighted by atomic mass is 10.2. The molecule has 1 aromatic heterocycles. The van der Waals surface area contributed by atoms with Crippen LogP contribution >= 0.6 is 0 Å². The van der Waals surface area contributed by atoms with Crippen LogP contribution in [0.5, 0.6) is 0 Å². The molecule has 20 heavy (non-hydrogen) atoms. The van der Waals surface area contributed by atoms with Crippen molar-refractivity contribution >= 4 is 11.6 Å². The largest absolute Gasteiger partial charge is 0.347 e. The van der Waals surface area contributed by atoms with E-state index in [1.54, 1.807) is 0 Å². The van der Waals surface area contributed by atoms with E-state index < -0.39 is 0 Å². The number of anilines is 1. The van der Waals surface area contributed by atoms with Gasteiger partial charge in [0, 0.05) is 25.2 Å². The highest BCUT2D eigenvalue weighted by molar-refractivity contribution is 5.86. The first-order valence-corrected chi connectivity index (χ1v) is 7.15. The Hall–Kier alpha value is -2.10. The molecule has 0 atom stereocenters. The monoisotopic (exact) mass is 271 g/mol. The molecule has 1 aromatic carbocycles. The average Bonchev–Trinajstić information content (AvgIpc) is 3.11. The molecule has 3 rings (SSSR count). The van der Waals surface area contributed by atoms with Gasteiger partial charge in [-0.1, -0.05) is 44.2 Å². The summed E-state index contributed by atoms with van der Waals surface area (Å²) in [5.41, 5.74) is 1.23. The molecule has 4 heteroatoms. The Labute approximate surface area is 120 Å². The summed E-state index contributed by atoms with van der Waals surface area (Å²) in [6.45, 7) is 6.06. The van der Waals surface area contributed by atoms with Gasteiger partial charge in [-0.25, -0.2) is 0 Å². The normalized spacial score (nSPS) is 14.1. The Kier molecular flexibility index (Phi) is 4.93. The third-order valence-electron chi connectivity index (χ3n) is 3.17. The summed E-state index contributed by atoms with van der Waals surface area (Å²) in [7, 11) is 0. The van der Waals surface area contributed by atoms with Crippen LogP contribution in [-0.2, 0) is 11.3 Å². The smallest absolute Gasteiger partial charge is 0.153 e. The molecule has 0 aliphatic carbocycles. The maximum absolute atomic E-state index is 11.2. The molecule has 1 saturated heterocycles. The van der Waals surface area contributed by atoms with Crippen molar-refractivity contribution in [1.29, 1.82) is 0 Å². The molecule has 106 valence electrons. The topological polar surface area (TPSA) is 38.1 Å². The molecule has 4 nitrogen and oxygen atoms in total. The molecule has 0 saturated carbocycles. The van der Waals surface area contributed by atoms with E-state index in [9.17, 15) is 4.79 Å². The third-order valence-corrected chi connectivity index (χ3v) is 3.17. The minimum atomic E-state index is 0.299. The predicted molar refractivity (Wildman–Crippen MR) is 81.0 cm³/mol. The predicted octanol–water partition coefficient (Wildman–Crippen LogP) is 2.74. The molecule has 0 unspecified atom stereocenters. The van der Waals surface area contributed by atoms with Crippen LogP contribution in [-0.4, -0.2) is 28.7 Å². The van der Waals surface area contributed by atoms with Gasteiger partial charge in [0.2, 0.25) is 0 Å². The van der Waals surface area contributed by atoms with Crippen LogP contribution in [0.25, 0.3) is 0 Å². The van der Waals surface area contributed by atoms with Crippen molar-refractivity contribution in [3.8, 4) is 0 Å². The Balaban J connectivity index is 0.000000704. The van der Waals surface area contributed by atoms with Crippen molar-refractivity contribution in [3.63, 3.8) is 0 Å². The number of ketones is 1. The maximum Gasteiger partial charge on any atom is 0.153 e. The molecule has 0 amide bonds. The zero-order valence-corrected chi connectivity index (χ0v) is 12.1. The molecule has 1 fully saturated rings. The van der Waals surface area contributed by atoms with Crippen molar-refractivity contribution in [2.45, 2.75) is 26.8 Å². The van der Waals surface area contributed by atoms with Gasteiger partial charge >= 0.3 is 0 Å². The van der Waals surface area contributed by atoms with E-state index in [4.69, 9.17) is 0 Å². The van der Waals surface area contributed by atoms with Gasteiger partial charge in [0.05, 0.1) is 13.1 Å². The molecule has 0 bridgehead atoms. The van der Waals surface area contributed by atoms with Crippen molar-refractivity contribution in [3.05, 3.63) is 48.2 Å². The van der Waals surface area contributed by atoms with Gasteiger partial charge in [-0.05, 0) is 5.56 Å². The van der Waals surface area contributed by atoms with Crippen LogP contribution < -0.4 is 4.90 Å². The van der Waals surface area contributed by atoms with Crippen LogP contribution in [0.3, 0.4) is 0 Å². The molecule has 0 spiro atoms. The Morgan fingerprint density at radius 3 is 2.55 bits per heavy atom. The zero-order chi connectivity index (χ0) is 14.4. The Morgan fingerprint density at radius 1 is 1.15 bits per heavy atom. The van der Waals surface area contributed by atoms with E-state index in [1.807, 2.05) is 53.9 Å². The first kappa shape index (κ1) is 14.3. The highest BCUT2D eigenvalue weighted by Gasteiger charge is 2.21. The number of benzene rings is 1. The summed E-state index contributed by atoms with van der Waals surface area (Å²) in [6, 6.07) is 12.2. The Bertz CT molecular complexity index is 548. The molecule has 1 aliphatic rings. The van der Waals surface area contributed by atoms with E-state index >= 15 is 0 Å². The van der Waals surface area contributed by atoms with Crippen LogP contribution in [0, 0.1) is 0 Å². The lowest BCUT2D eigenvalue weighted by Crippen LogP contribution is -2.20. The molecule has 0 N–H and O–H groups in total. The fourth-order valence-corrected chi connectivity index (χ4v) is 2.20. The van der Waals surface area contributed by atoms with E-state index in [0.29, 0.717) is 18.7 Å². The van der Waals surface area contributed by atoms with Gasteiger partial charge in [-0.3, -0.25) is 9.48 Å². The molecule has 2 aromatic rings. The minimum Gasteiger partial charge on any atom is -0.347 e. The number of carbonyl (C=O) groups excluding carboxylic acids is 1. The fourth-order valence-electron chi connectivity index (χ4n) is 2.20. The van der Waals surface area contributed by atoms with E-state index in [-0.39, 0.29) is 0 Å². The van der Waals surface area contributed by atoms with E-state index in [0.717, 1.165) is 18.9 Å². The number of Topliss-reactive ketones (excluding diaryl/α,β-unsaturated/α-hetero) is 1. The quantitative estimate of drug-likeness (QED) is 0.861. The maximum atomic E-state index is 11.2. The lowest BCUT2D eigenvalue weighted by Gasteiger charge is -2.12. The molecule has 0 radical (unpaired) electrons. The summed E-state index contributed by atoms with van der Waals surface area (Å²) >= 11 is 0. The first-order chi connectivity index (χ1) is 9.81. The van der Waals surface area contributed by atoms with Gasteiger partial charge in [0.1, 0.15) is 0 Å². The zero-order valence-electron chi connectivity index (χ0n) is 12.1. The number of hydrogen-bond acceptors (Lipinski definition) is 3. The molecule has 1 aliphatic heterocycles. The van der Waals surface area contributed by atoms with Gasteiger partial charge in [-0.15, -0.1) is 0 Å². The van der Waals surface area contributed by atoms with Gasteiger partial charge < -0.3 is 4.90 Å². The number of aromatic nitrogens is 2. The second-order valence-electron chi connectivity index (χ2n) is 4.57. The molecular weight excluding hydrogens is 250 g/mol. The summed E-state index contributed by atoms with van der Waals surface area (Å²) in [4.78, 5) is 13.3. The van der Waals surface area contributed by atoms with Crippen molar-refractivity contribution < 1.29 is 4.79 Å². The fraction of sp³-hybridized carbons (Fsp3) is 0.375. The number of carbonyl (C=O) groups is 1. The van der Waals surface area contributed by atoms with Crippen molar-refractivity contribution in [1.82, 2.24) is 9.78 Å². The highest BCUT2D eigenvalue weighted by atomic mass is 16.1. The standard InChI is InChI=1S/C14H15N3O.C2H6/c18-13-6-8-16(11-13)14-7-9-17(15-14)10-12-4-2-1-3-5-12;1-2/h1-5,7,9H,6,8,10-11H2;1-2H3.